The van der Waals surface area contributed by atoms with Crippen molar-refractivity contribution in [1.29, 1.82) is 0 Å². The van der Waals surface area contributed by atoms with Gasteiger partial charge in [0.05, 0.1) is 23.0 Å². The molecular weight excluding hydrogens is 458 g/mol. The van der Waals surface area contributed by atoms with Crippen LogP contribution in [0.5, 0.6) is 5.75 Å². The van der Waals surface area contributed by atoms with Crippen LogP contribution in [0.2, 0.25) is 0 Å². The number of fused-ring (bicyclic) bond motifs is 1. The zero-order chi connectivity index (χ0) is 22.9. The third-order valence-corrected chi connectivity index (χ3v) is 8.45. The molecule has 2 aromatic rings. The molecule has 0 unspecified atom stereocenters. The normalized spacial score (nSPS) is 19.4. The van der Waals surface area contributed by atoms with Crippen molar-refractivity contribution < 1.29 is 14.3 Å². The van der Waals surface area contributed by atoms with Crippen molar-refractivity contribution in [2.45, 2.75) is 33.2 Å². The first-order valence-corrected chi connectivity index (χ1v) is 12.6. The van der Waals surface area contributed by atoms with E-state index < -0.39 is 5.54 Å². The SMILES string of the molecule is CCOC(=O)C1=C(c2ccccc2)SC(=C2C(=S)C(C)(C)Nc3cc(OCC)ccc32)S1. The highest BCUT2D eigenvalue weighted by Gasteiger charge is 2.39. The monoisotopic (exact) mass is 483 g/mol. The molecule has 32 heavy (non-hydrogen) atoms. The minimum Gasteiger partial charge on any atom is -0.494 e. The summed E-state index contributed by atoms with van der Waals surface area (Å²) < 4.78 is 12.1. The quantitative estimate of drug-likeness (QED) is 0.287. The third kappa shape index (κ3) is 4.34. The molecule has 2 aliphatic heterocycles. The first kappa shape index (κ1) is 23.0. The maximum absolute atomic E-state index is 12.8. The van der Waals surface area contributed by atoms with Gasteiger partial charge in [0.2, 0.25) is 0 Å². The van der Waals surface area contributed by atoms with Gasteiger partial charge in [-0.1, -0.05) is 66.1 Å². The number of carbonyl (C=O) groups is 1. The minimum absolute atomic E-state index is 0.300. The highest BCUT2D eigenvalue weighted by Crippen LogP contribution is 2.58. The molecule has 0 fully saturated rings. The van der Waals surface area contributed by atoms with Crippen LogP contribution in [0.4, 0.5) is 5.69 Å². The summed E-state index contributed by atoms with van der Waals surface area (Å²) in [6.45, 7) is 8.89. The molecule has 0 bridgehead atoms. The maximum atomic E-state index is 12.8. The molecule has 1 N–H and O–H groups in total. The Morgan fingerprint density at radius 3 is 2.50 bits per heavy atom. The van der Waals surface area contributed by atoms with E-state index in [0.717, 1.165) is 42.1 Å². The average molecular weight is 484 g/mol. The van der Waals surface area contributed by atoms with Crippen molar-refractivity contribution in [3.8, 4) is 5.75 Å². The largest absolute Gasteiger partial charge is 0.494 e. The van der Waals surface area contributed by atoms with Gasteiger partial charge in [-0.25, -0.2) is 4.79 Å². The molecule has 7 heteroatoms. The Labute approximate surface area is 202 Å². The van der Waals surface area contributed by atoms with E-state index in [4.69, 9.17) is 21.7 Å². The van der Waals surface area contributed by atoms with Crippen LogP contribution < -0.4 is 10.1 Å². The lowest BCUT2D eigenvalue weighted by molar-refractivity contribution is -0.137. The van der Waals surface area contributed by atoms with Gasteiger partial charge in [0.25, 0.3) is 0 Å². The van der Waals surface area contributed by atoms with E-state index in [1.54, 1.807) is 11.8 Å². The van der Waals surface area contributed by atoms with Crippen LogP contribution in [0.15, 0.2) is 57.7 Å². The first-order chi connectivity index (χ1) is 15.4. The van der Waals surface area contributed by atoms with E-state index in [1.807, 2.05) is 62.4 Å². The molecule has 0 saturated heterocycles. The van der Waals surface area contributed by atoms with Crippen molar-refractivity contribution in [2.24, 2.45) is 0 Å². The number of hydrogen-bond acceptors (Lipinski definition) is 7. The molecule has 4 nitrogen and oxygen atoms in total. The standard InChI is InChI=1S/C25H25NO3S3/c1-5-28-16-12-13-17-18(14-16)26-25(3,4)22(30)19(17)24-31-20(15-10-8-7-9-11-15)21(32-24)23(27)29-6-2/h7-14,26H,5-6H2,1-4H3. The molecule has 166 valence electrons. The van der Waals surface area contributed by atoms with Crippen molar-refractivity contribution in [2.75, 3.05) is 18.5 Å². The molecule has 0 spiro atoms. The summed E-state index contributed by atoms with van der Waals surface area (Å²) in [6, 6.07) is 16.0. The van der Waals surface area contributed by atoms with Crippen LogP contribution in [0.1, 0.15) is 38.8 Å². The Bertz CT molecular complexity index is 1140. The smallest absolute Gasteiger partial charge is 0.346 e. The lowest BCUT2D eigenvalue weighted by atomic mass is 9.85. The maximum Gasteiger partial charge on any atom is 0.346 e. The fraction of sp³-hybridized carbons (Fsp3) is 0.280. The van der Waals surface area contributed by atoms with Crippen LogP contribution in [0, 0.1) is 0 Å². The summed E-state index contributed by atoms with van der Waals surface area (Å²) in [5.74, 6) is 0.513. The van der Waals surface area contributed by atoms with Gasteiger partial charge >= 0.3 is 5.97 Å². The number of thiocarbonyl (C=S) groups is 1. The number of nitrogens with one attached hydrogen (secondary N) is 1. The zero-order valence-corrected chi connectivity index (χ0v) is 20.9. The molecule has 0 saturated carbocycles. The highest BCUT2D eigenvalue weighted by atomic mass is 32.2. The van der Waals surface area contributed by atoms with Gasteiger partial charge in [-0.15, -0.1) is 0 Å². The molecule has 2 aromatic carbocycles. The molecule has 0 radical (unpaired) electrons. The minimum atomic E-state index is -0.420. The second-order valence-corrected chi connectivity index (χ2v) is 10.5. The van der Waals surface area contributed by atoms with Crippen molar-refractivity contribution >= 4 is 62.7 Å². The summed E-state index contributed by atoms with van der Waals surface area (Å²) in [5.41, 5.74) is 3.56. The molecule has 0 aliphatic carbocycles. The van der Waals surface area contributed by atoms with Gasteiger partial charge in [0, 0.05) is 32.7 Å². The van der Waals surface area contributed by atoms with E-state index in [-0.39, 0.29) is 5.97 Å². The summed E-state index contributed by atoms with van der Waals surface area (Å²) >= 11 is 9.00. The number of thioether (sulfide) groups is 2. The molecule has 2 aliphatic rings. The van der Waals surface area contributed by atoms with Gasteiger partial charge in [-0.2, -0.15) is 0 Å². The molecular formula is C25H25NO3S3. The van der Waals surface area contributed by atoms with E-state index in [0.29, 0.717) is 18.1 Å². The van der Waals surface area contributed by atoms with Crippen molar-refractivity contribution in [3.05, 3.63) is 68.8 Å². The number of rotatable bonds is 5. The molecule has 0 atom stereocenters. The highest BCUT2D eigenvalue weighted by molar-refractivity contribution is 8.32. The van der Waals surface area contributed by atoms with Crippen LogP contribution in [0.3, 0.4) is 0 Å². The van der Waals surface area contributed by atoms with Gasteiger partial charge < -0.3 is 14.8 Å². The van der Waals surface area contributed by atoms with Crippen LogP contribution in [0.25, 0.3) is 10.5 Å². The van der Waals surface area contributed by atoms with Crippen LogP contribution in [-0.2, 0) is 9.53 Å². The summed E-state index contributed by atoms with van der Waals surface area (Å²) in [4.78, 5) is 15.2. The van der Waals surface area contributed by atoms with E-state index in [9.17, 15) is 4.79 Å². The number of carbonyl (C=O) groups excluding carboxylic acids is 1. The predicted octanol–water partition coefficient (Wildman–Crippen LogP) is 6.74. The van der Waals surface area contributed by atoms with Gasteiger partial charge in [0.15, 0.2) is 0 Å². The van der Waals surface area contributed by atoms with Crippen LogP contribution in [-0.4, -0.2) is 29.6 Å². The summed E-state index contributed by atoms with van der Waals surface area (Å²) in [5, 5.41) is 3.56. The number of ether oxygens (including phenoxy) is 2. The number of esters is 1. The van der Waals surface area contributed by atoms with Crippen molar-refractivity contribution in [3.63, 3.8) is 0 Å². The molecule has 0 amide bonds. The molecule has 4 rings (SSSR count). The van der Waals surface area contributed by atoms with Crippen LogP contribution >= 0.6 is 35.7 Å². The molecule has 0 aromatic heterocycles. The van der Waals surface area contributed by atoms with E-state index in [1.165, 1.54) is 11.8 Å². The number of hydrogen-bond donors (Lipinski definition) is 1. The number of benzene rings is 2. The predicted molar refractivity (Wildman–Crippen MR) is 140 cm³/mol. The van der Waals surface area contributed by atoms with E-state index >= 15 is 0 Å². The lowest BCUT2D eigenvalue weighted by Gasteiger charge is -2.37. The molecule has 2 heterocycles. The summed E-state index contributed by atoms with van der Waals surface area (Å²) in [6.07, 6.45) is 0. The van der Waals surface area contributed by atoms with Gasteiger partial charge in [-0.3, -0.25) is 0 Å². The Morgan fingerprint density at radius 2 is 1.81 bits per heavy atom. The second-order valence-electron chi connectivity index (χ2n) is 7.83. The lowest BCUT2D eigenvalue weighted by Crippen LogP contribution is -2.43. The van der Waals surface area contributed by atoms with E-state index in [2.05, 4.69) is 19.2 Å². The Hall–Kier alpha value is -2.22. The Balaban J connectivity index is 1.84. The van der Waals surface area contributed by atoms with Gasteiger partial charge in [-0.05, 0) is 45.4 Å². The fourth-order valence-electron chi connectivity index (χ4n) is 3.64. The zero-order valence-electron chi connectivity index (χ0n) is 18.5. The third-order valence-electron chi connectivity index (χ3n) is 5.11. The first-order valence-electron chi connectivity index (χ1n) is 10.5. The Morgan fingerprint density at radius 1 is 1.06 bits per heavy atom. The topological polar surface area (TPSA) is 47.6 Å². The van der Waals surface area contributed by atoms with Crippen molar-refractivity contribution in [1.82, 2.24) is 0 Å². The fourth-order valence-corrected chi connectivity index (χ4v) is 6.73. The Kier molecular flexibility index (Phi) is 6.70. The summed E-state index contributed by atoms with van der Waals surface area (Å²) in [7, 11) is 0. The average Bonchev–Trinajstić information content (AvgIpc) is 3.21. The number of anilines is 1. The second kappa shape index (κ2) is 9.33. The van der Waals surface area contributed by atoms with Gasteiger partial charge in [0.1, 0.15) is 10.7 Å².